The average Bonchev–Trinajstić information content (AvgIpc) is 2.78. The number of Topliss-reactive ketones (excluding diaryl/α,β-unsaturated/α-hetero) is 1. The van der Waals surface area contributed by atoms with Crippen molar-refractivity contribution in [3.05, 3.63) is 41.5 Å². The molecule has 1 fully saturated rings. The molecule has 1 heteroatoms. The van der Waals surface area contributed by atoms with Gasteiger partial charge in [-0.1, -0.05) is 35.9 Å². The van der Waals surface area contributed by atoms with Gasteiger partial charge >= 0.3 is 0 Å². The highest BCUT2D eigenvalue weighted by molar-refractivity contribution is 6.24. The molecular formula is C14H14O. The number of ketones is 1. The second-order valence-corrected chi connectivity index (χ2v) is 4.48. The molecule has 0 saturated heterocycles. The van der Waals surface area contributed by atoms with Crippen molar-refractivity contribution < 1.29 is 4.79 Å². The van der Waals surface area contributed by atoms with Gasteiger partial charge in [-0.25, -0.2) is 0 Å². The average molecular weight is 198 g/mol. The van der Waals surface area contributed by atoms with E-state index in [1.54, 1.807) is 0 Å². The zero-order valence-electron chi connectivity index (χ0n) is 8.70. The van der Waals surface area contributed by atoms with Crippen molar-refractivity contribution in [1.29, 1.82) is 0 Å². The fraction of sp³-hybridized carbons (Fsp3) is 0.357. The third-order valence-corrected chi connectivity index (χ3v) is 3.59. The first-order valence-corrected chi connectivity index (χ1v) is 5.68. The monoisotopic (exact) mass is 198 g/mol. The van der Waals surface area contributed by atoms with Crippen molar-refractivity contribution in [1.82, 2.24) is 0 Å². The second kappa shape index (κ2) is 3.34. The third kappa shape index (κ3) is 1.34. The van der Waals surface area contributed by atoms with Crippen LogP contribution >= 0.6 is 0 Å². The summed E-state index contributed by atoms with van der Waals surface area (Å²) in [5.74, 6) is 0.939. The Hall–Kier alpha value is -1.37. The first-order chi connectivity index (χ1) is 7.36. The van der Waals surface area contributed by atoms with Crippen LogP contribution in [0, 0.1) is 5.92 Å². The lowest BCUT2D eigenvalue weighted by atomic mass is 10.0. The maximum absolute atomic E-state index is 11.9. The highest BCUT2D eigenvalue weighted by Crippen LogP contribution is 2.45. The second-order valence-electron chi connectivity index (χ2n) is 4.48. The molecule has 0 radical (unpaired) electrons. The summed E-state index contributed by atoms with van der Waals surface area (Å²) in [5.41, 5.74) is 3.60. The molecular weight excluding hydrogens is 184 g/mol. The summed E-state index contributed by atoms with van der Waals surface area (Å²) >= 11 is 0. The van der Waals surface area contributed by atoms with E-state index in [2.05, 4.69) is 12.1 Å². The number of hydrogen-bond donors (Lipinski definition) is 0. The Labute approximate surface area is 89.8 Å². The van der Waals surface area contributed by atoms with Gasteiger partial charge in [0.2, 0.25) is 0 Å². The van der Waals surface area contributed by atoms with Gasteiger partial charge in [0.05, 0.1) is 0 Å². The molecule has 0 aliphatic heterocycles. The molecule has 1 nitrogen and oxygen atoms in total. The maximum atomic E-state index is 11.9. The van der Waals surface area contributed by atoms with Crippen molar-refractivity contribution in [2.24, 2.45) is 5.92 Å². The van der Waals surface area contributed by atoms with Crippen molar-refractivity contribution in [3.8, 4) is 0 Å². The van der Waals surface area contributed by atoms with Crippen molar-refractivity contribution in [2.75, 3.05) is 0 Å². The molecule has 0 N–H and O–H groups in total. The Morgan fingerprint density at radius 2 is 1.93 bits per heavy atom. The minimum atomic E-state index is 0.362. The van der Waals surface area contributed by atoms with E-state index in [1.807, 2.05) is 18.2 Å². The fourth-order valence-electron chi connectivity index (χ4n) is 2.93. The van der Waals surface area contributed by atoms with Crippen LogP contribution in [0.25, 0.3) is 5.57 Å². The normalized spacial score (nSPS) is 24.8. The van der Waals surface area contributed by atoms with Crippen molar-refractivity contribution in [3.63, 3.8) is 0 Å². The number of hydrogen-bond acceptors (Lipinski definition) is 1. The molecule has 3 rings (SSSR count). The standard InChI is InChI=1S/C14H14O/c15-13-9-11-7-4-8-12(11)14(13)10-5-2-1-3-6-10/h1-3,5-6,11H,4,7-9H2/t11-/m0/s1. The summed E-state index contributed by atoms with van der Waals surface area (Å²) in [4.78, 5) is 11.9. The van der Waals surface area contributed by atoms with Crippen LogP contribution in [0.5, 0.6) is 0 Å². The van der Waals surface area contributed by atoms with Crippen molar-refractivity contribution >= 4 is 11.4 Å². The lowest BCUT2D eigenvalue weighted by Crippen LogP contribution is -1.97. The van der Waals surface area contributed by atoms with Gasteiger partial charge in [0.1, 0.15) is 0 Å². The number of carbonyl (C=O) groups excluding carboxylic acids is 1. The van der Waals surface area contributed by atoms with Gasteiger partial charge in [0.15, 0.2) is 5.78 Å². The molecule has 15 heavy (non-hydrogen) atoms. The van der Waals surface area contributed by atoms with Gasteiger partial charge < -0.3 is 0 Å². The molecule has 1 aromatic rings. The zero-order valence-corrected chi connectivity index (χ0v) is 8.70. The van der Waals surface area contributed by atoms with Gasteiger partial charge in [-0.15, -0.1) is 0 Å². The summed E-state index contributed by atoms with van der Waals surface area (Å²) in [5, 5.41) is 0. The number of carbonyl (C=O) groups is 1. The van der Waals surface area contributed by atoms with E-state index in [4.69, 9.17) is 0 Å². The highest BCUT2D eigenvalue weighted by Gasteiger charge is 2.35. The van der Waals surface area contributed by atoms with Crippen LogP contribution in [0.2, 0.25) is 0 Å². The van der Waals surface area contributed by atoms with Crippen LogP contribution < -0.4 is 0 Å². The maximum Gasteiger partial charge on any atom is 0.164 e. The molecule has 2 aliphatic carbocycles. The molecule has 1 aromatic carbocycles. The lowest BCUT2D eigenvalue weighted by molar-refractivity contribution is -0.113. The van der Waals surface area contributed by atoms with E-state index in [9.17, 15) is 4.79 Å². The van der Waals surface area contributed by atoms with E-state index in [0.717, 1.165) is 24.0 Å². The van der Waals surface area contributed by atoms with Gasteiger partial charge in [0.25, 0.3) is 0 Å². The van der Waals surface area contributed by atoms with Crippen molar-refractivity contribution in [2.45, 2.75) is 25.7 Å². The summed E-state index contributed by atoms with van der Waals surface area (Å²) in [6, 6.07) is 10.1. The fourth-order valence-corrected chi connectivity index (χ4v) is 2.93. The number of benzene rings is 1. The summed E-state index contributed by atoms with van der Waals surface area (Å²) in [7, 11) is 0. The van der Waals surface area contributed by atoms with Crippen LogP contribution in [-0.4, -0.2) is 5.78 Å². The van der Waals surface area contributed by atoms with E-state index < -0.39 is 0 Å². The SMILES string of the molecule is O=C1C[C@@H]2CCCC2=C1c1ccccc1. The third-order valence-electron chi connectivity index (χ3n) is 3.59. The molecule has 1 atom stereocenters. The Kier molecular flexibility index (Phi) is 1.98. The van der Waals surface area contributed by atoms with Gasteiger partial charge in [-0.2, -0.15) is 0 Å². The Morgan fingerprint density at radius 1 is 1.13 bits per heavy atom. The van der Waals surface area contributed by atoms with Crippen LogP contribution in [-0.2, 0) is 4.79 Å². The zero-order chi connectivity index (χ0) is 10.3. The molecule has 1 saturated carbocycles. The van der Waals surface area contributed by atoms with E-state index in [1.165, 1.54) is 18.4 Å². The van der Waals surface area contributed by atoms with E-state index >= 15 is 0 Å². The molecule has 0 amide bonds. The molecule has 0 unspecified atom stereocenters. The highest BCUT2D eigenvalue weighted by atomic mass is 16.1. The number of rotatable bonds is 1. The number of fused-ring (bicyclic) bond motifs is 1. The molecule has 76 valence electrons. The van der Waals surface area contributed by atoms with Gasteiger partial charge in [0, 0.05) is 12.0 Å². The van der Waals surface area contributed by atoms with Crippen LogP contribution in [0.1, 0.15) is 31.2 Å². The molecule has 0 aromatic heterocycles. The minimum absolute atomic E-state index is 0.362. The molecule has 0 spiro atoms. The molecule has 0 heterocycles. The summed E-state index contributed by atoms with van der Waals surface area (Å²) < 4.78 is 0. The minimum Gasteiger partial charge on any atom is -0.294 e. The molecule has 2 aliphatic rings. The largest absolute Gasteiger partial charge is 0.294 e. The Bertz CT molecular complexity index is 428. The lowest BCUT2D eigenvalue weighted by Gasteiger charge is -2.03. The first-order valence-electron chi connectivity index (χ1n) is 5.68. The quantitative estimate of drug-likeness (QED) is 0.677. The van der Waals surface area contributed by atoms with Gasteiger partial charge in [-0.3, -0.25) is 4.79 Å². The van der Waals surface area contributed by atoms with Crippen LogP contribution in [0.3, 0.4) is 0 Å². The Morgan fingerprint density at radius 3 is 2.73 bits per heavy atom. The predicted octanol–water partition coefficient (Wildman–Crippen LogP) is 3.21. The van der Waals surface area contributed by atoms with Gasteiger partial charge in [-0.05, 0) is 30.7 Å². The van der Waals surface area contributed by atoms with E-state index in [-0.39, 0.29) is 0 Å². The first kappa shape index (κ1) is 8.90. The summed E-state index contributed by atoms with van der Waals surface area (Å²) in [6.45, 7) is 0. The Balaban J connectivity index is 2.11. The topological polar surface area (TPSA) is 17.1 Å². The molecule has 0 bridgehead atoms. The van der Waals surface area contributed by atoms with Crippen LogP contribution in [0.4, 0.5) is 0 Å². The van der Waals surface area contributed by atoms with E-state index in [0.29, 0.717) is 11.7 Å². The predicted molar refractivity (Wildman–Crippen MR) is 60.3 cm³/mol. The summed E-state index contributed by atoms with van der Waals surface area (Å²) in [6.07, 6.45) is 4.39. The van der Waals surface area contributed by atoms with Crippen LogP contribution in [0.15, 0.2) is 35.9 Å². The smallest absolute Gasteiger partial charge is 0.164 e. The number of allylic oxidation sites excluding steroid dienone is 2.